The van der Waals surface area contributed by atoms with Gasteiger partial charge in [-0.05, 0) is 73.9 Å². The summed E-state index contributed by atoms with van der Waals surface area (Å²) in [6, 6.07) is 39.6. The Bertz CT molecular complexity index is 2080. The van der Waals surface area contributed by atoms with Crippen molar-refractivity contribution < 1.29 is 28.8 Å². The topological polar surface area (TPSA) is 149 Å². The van der Waals surface area contributed by atoms with Gasteiger partial charge < -0.3 is 25.4 Å². The van der Waals surface area contributed by atoms with Crippen molar-refractivity contribution >= 4 is 29.3 Å². The first kappa shape index (κ1) is 40.3. The minimum atomic E-state index is -1.24. The number of carbonyl (C=O) groups is 3. The van der Waals surface area contributed by atoms with Gasteiger partial charge in [0, 0.05) is 24.7 Å². The number of carbonyl (C=O) groups excluding carboxylic acids is 3. The molecule has 0 saturated carbocycles. The molecule has 6 rings (SSSR count). The number of hydrogen-bond donors (Lipinski definition) is 3. The van der Waals surface area contributed by atoms with Crippen LogP contribution in [0.4, 0.5) is 16.2 Å². The summed E-state index contributed by atoms with van der Waals surface area (Å²) in [5, 5.41) is 21.2. The Hall–Kier alpha value is -6.33. The zero-order chi connectivity index (χ0) is 40.4. The molecule has 4 atom stereocenters. The van der Waals surface area contributed by atoms with Gasteiger partial charge in [-0.15, -0.1) is 0 Å². The molecule has 1 heterocycles. The van der Waals surface area contributed by atoms with E-state index < -0.39 is 46.4 Å². The number of nitro benzene ring substituents is 1. The average molecular weight is 769 g/mol. The van der Waals surface area contributed by atoms with E-state index in [1.807, 2.05) is 91.0 Å². The molecule has 4 unspecified atom stereocenters. The minimum absolute atomic E-state index is 0.0912. The molecule has 1 aliphatic rings. The van der Waals surface area contributed by atoms with Crippen LogP contribution < -0.4 is 16.0 Å². The predicted molar refractivity (Wildman–Crippen MR) is 219 cm³/mol. The highest BCUT2D eigenvalue weighted by Crippen LogP contribution is 2.42. The molecule has 11 nitrogen and oxygen atoms in total. The second-order valence-corrected chi connectivity index (χ2v) is 15.1. The van der Waals surface area contributed by atoms with Gasteiger partial charge in [0.2, 0.25) is 5.91 Å². The van der Waals surface area contributed by atoms with Gasteiger partial charge >= 0.3 is 6.09 Å². The molecule has 0 aromatic heterocycles. The fourth-order valence-corrected chi connectivity index (χ4v) is 7.32. The van der Waals surface area contributed by atoms with E-state index in [-0.39, 0.29) is 23.4 Å². The van der Waals surface area contributed by atoms with Crippen molar-refractivity contribution in [2.45, 2.75) is 75.7 Å². The summed E-state index contributed by atoms with van der Waals surface area (Å²) in [5.74, 6) is -2.16. The molecule has 3 N–H and O–H groups in total. The molecule has 1 aliphatic heterocycles. The molecule has 57 heavy (non-hydrogen) atoms. The van der Waals surface area contributed by atoms with E-state index in [0.717, 1.165) is 29.5 Å². The Morgan fingerprint density at radius 3 is 1.77 bits per heavy atom. The van der Waals surface area contributed by atoms with Crippen molar-refractivity contribution in [2.75, 3.05) is 11.9 Å². The van der Waals surface area contributed by atoms with Crippen LogP contribution in [0.15, 0.2) is 140 Å². The highest BCUT2D eigenvalue weighted by Gasteiger charge is 2.37. The number of non-ortho nitro benzene ring substituents is 1. The van der Waals surface area contributed by atoms with Gasteiger partial charge in [0.1, 0.15) is 11.6 Å². The van der Waals surface area contributed by atoms with Crippen molar-refractivity contribution in [3.05, 3.63) is 177 Å². The highest BCUT2D eigenvalue weighted by molar-refractivity contribution is 5.98. The number of rotatable bonds is 13. The quantitative estimate of drug-likeness (QED) is 0.0799. The summed E-state index contributed by atoms with van der Waals surface area (Å²) in [6.45, 7) is 5.69. The summed E-state index contributed by atoms with van der Waals surface area (Å²) in [5.41, 5.74) is 2.38. The average Bonchev–Trinajstić information content (AvgIpc) is 3.21. The van der Waals surface area contributed by atoms with Gasteiger partial charge in [-0.25, -0.2) is 4.79 Å². The largest absolute Gasteiger partial charge is 0.444 e. The van der Waals surface area contributed by atoms with Gasteiger partial charge in [0.05, 0.1) is 28.7 Å². The molecule has 5 aromatic carbocycles. The first-order valence-corrected chi connectivity index (χ1v) is 19.2. The number of alkyl carbamates (subject to hydrolysis) is 1. The monoisotopic (exact) mass is 768 g/mol. The van der Waals surface area contributed by atoms with Gasteiger partial charge in [-0.1, -0.05) is 121 Å². The number of nitrogens with zero attached hydrogens (tertiary/aromatic N) is 1. The summed E-state index contributed by atoms with van der Waals surface area (Å²) in [4.78, 5) is 54.2. The maximum atomic E-state index is 15.0. The van der Waals surface area contributed by atoms with Crippen molar-refractivity contribution in [1.29, 1.82) is 0 Å². The van der Waals surface area contributed by atoms with Crippen LogP contribution in [0.2, 0.25) is 0 Å². The summed E-state index contributed by atoms with van der Waals surface area (Å²) < 4.78 is 11.8. The van der Waals surface area contributed by atoms with Crippen LogP contribution in [-0.4, -0.2) is 41.1 Å². The minimum Gasteiger partial charge on any atom is -0.444 e. The number of hydrogen-bond acceptors (Lipinski definition) is 7. The number of amides is 3. The SMILES string of the molecule is CC(C)(C)OC(=O)NC(C(=O)Nc1cc([N+](=O)[O-])ccc1C(NC(=O)C(c1ccccc1)C1CCCCO1)C(c1ccccc1)c1ccccc1)c1ccccc1. The zero-order valence-corrected chi connectivity index (χ0v) is 32.3. The van der Waals surface area contributed by atoms with Gasteiger partial charge in [0.15, 0.2) is 0 Å². The lowest BCUT2D eigenvalue weighted by molar-refractivity contribution is -0.384. The van der Waals surface area contributed by atoms with Crippen molar-refractivity contribution in [2.24, 2.45) is 0 Å². The van der Waals surface area contributed by atoms with Gasteiger partial charge in [-0.3, -0.25) is 19.7 Å². The Kier molecular flexibility index (Phi) is 13.1. The van der Waals surface area contributed by atoms with Gasteiger partial charge in [0.25, 0.3) is 11.6 Å². The van der Waals surface area contributed by atoms with Crippen LogP contribution in [0.5, 0.6) is 0 Å². The van der Waals surface area contributed by atoms with E-state index in [0.29, 0.717) is 24.2 Å². The van der Waals surface area contributed by atoms with Crippen LogP contribution in [0.25, 0.3) is 0 Å². The van der Waals surface area contributed by atoms with E-state index >= 15 is 0 Å². The van der Waals surface area contributed by atoms with Crippen LogP contribution in [0.3, 0.4) is 0 Å². The predicted octanol–water partition coefficient (Wildman–Crippen LogP) is 9.14. The Labute approximate surface area is 333 Å². The fourth-order valence-electron chi connectivity index (χ4n) is 7.32. The standard InChI is InChI=1S/C46H48N4O7/c1-46(2,3)57-45(53)49-41(34-24-14-7-15-25-34)44(52)47-37-30-35(50(54)55)27-28-36(37)42(39(31-18-8-4-9-19-31)32-20-10-5-11-21-32)48-43(51)40(33-22-12-6-13-23-33)38-26-16-17-29-56-38/h4-15,18-25,27-28,30,38-42H,16-17,26,29H2,1-3H3,(H,47,52)(H,48,51)(H,49,53). The molecule has 0 aliphatic carbocycles. The second kappa shape index (κ2) is 18.5. The van der Waals surface area contributed by atoms with E-state index in [9.17, 15) is 24.5 Å². The molecule has 294 valence electrons. The highest BCUT2D eigenvalue weighted by atomic mass is 16.6. The maximum absolute atomic E-state index is 15.0. The number of nitrogens with one attached hydrogen (secondary N) is 3. The van der Waals surface area contributed by atoms with Crippen LogP contribution in [-0.2, 0) is 19.1 Å². The third-order valence-electron chi connectivity index (χ3n) is 9.87. The molecule has 0 spiro atoms. The number of ether oxygens (including phenoxy) is 2. The van der Waals surface area contributed by atoms with E-state index in [4.69, 9.17) is 9.47 Å². The number of benzene rings is 5. The lowest BCUT2D eigenvalue weighted by atomic mass is 9.80. The molecule has 3 amide bonds. The maximum Gasteiger partial charge on any atom is 0.408 e. The third kappa shape index (κ3) is 10.5. The third-order valence-corrected chi connectivity index (χ3v) is 9.87. The normalized spacial score (nSPS) is 15.8. The van der Waals surface area contributed by atoms with E-state index in [2.05, 4.69) is 16.0 Å². The van der Waals surface area contributed by atoms with Crippen LogP contribution >= 0.6 is 0 Å². The van der Waals surface area contributed by atoms with E-state index in [1.54, 1.807) is 57.2 Å². The molecule has 1 fully saturated rings. The molecular weight excluding hydrogens is 721 g/mol. The molecule has 1 saturated heterocycles. The summed E-state index contributed by atoms with van der Waals surface area (Å²) >= 11 is 0. The first-order chi connectivity index (χ1) is 27.5. The molecule has 5 aromatic rings. The Balaban J connectivity index is 1.49. The second-order valence-electron chi connectivity index (χ2n) is 15.1. The Morgan fingerprint density at radius 2 is 1.26 bits per heavy atom. The van der Waals surface area contributed by atoms with E-state index in [1.165, 1.54) is 12.1 Å². The van der Waals surface area contributed by atoms with Gasteiger partial charge in [-0.2, -0.15) is 0 Å². The van der Waals surface area contributed by atoms with Crippen LogP contribution in [0, 0.1) is 10.1 Å². The molecule has 11 heteroatoms. The molecular formula is C46H48N4O7. The summed E-state index contributed by atoms with van der Waals surface area (Å²) in [7, 11) is 0. The summed E-state index contributed by atoms with van der Waals surface area (Å²) in [6.07, 6.45) is 1.32. The van der Waals surface area contributed by atoms with Crippen molar-refractivity contribution in [3.63, 3.8) is 0 Å². The smallest absolute Gasteiger partial charge is 0.408 e. The number of anilines is 1. The van der Waals surface area contributed by atoms with Crippen LogP contribution in [0.1, 0.15) is 91.8 Å². The lowest BCUT2D eigenvalue weighted by Gasteiger charge is -2.35. The zero-order valence-electron chi connectivity index (χ0n) is 32.3. The lowest BCUT2D eigenvalue weighted by Crippen LogP contribution is -2.42. The molecule has 0 radical (unpaired) electrons. The fraction of sp³-hybridized carbons (Fsp3) is 0.283. The Morgan fingerprint density at radius 1 is 0.719 bits per heavy atom. The van der Waals surface area contributed by atoms with Crippen molar-refractivity contribution in [1.82, 2.24) is 10.6 Å². The molecule has 0 bridgehead atoms. The van der Waals surface area contributed by atoms with Crippen molar-refractivity contribution in [3.8, 4) is 0 Å². The first-order valence-electron chi connectivity index (χ1n) is 19.2. The number of nitro groups is 1.